The molecule has 11 nitrogen and oxygen atoms in total. The van der Waals surface area contributed by atoms with Crippen molar-refractivity contribution in [2.75, 3.05) is 0 Å². The number of H-pyrrole nitrogens is 3. The molecule has 2 heterocycles. The molecular formula is C24H25BrN6O5. The zero-order chi connectivity index (χ0) is 26.2. The van der Waals surface area contributed by atoms with Gasteiger partial charge in [0.25, 0.3) is 5.56 Å². The molecule has 0 aliphatic heterocycles. The number of nitrogens with one attached hydrogen (secondary N) is 3. The molecule has 12 heteroatoms. The Labute approximate surface area is 212 Å². The highest BCUT2D eigenvalue weighted by molar-refractivity contribution is 9.10. The molecule has 0 radical (unpaired) electrons. The maximum Gasteiger partial charge on any atom is 0.344 e. The summed E-state index contributed by atoms with van der Waals surface area (Å²) in [4.78, 5) is 60.2. The molecule has 0 saturated heterocycles. The van der Waals surface area contributed by atoms with Gasteiger partial charge in [0.2, 0.25) is 0 Å². The smallest absolute Gasteiger partial charge is 0.270 e. The first-order valence-corrected chi connectivity index (χ1v) is 11.8. The Bertz CT molecular complexity index is 1650. The number of rotatable bonds is 6. The van der Waals surface area contributed by atoms with Crippen LogP contribution in [-0.2, 0) is 25.9 Å². The van der Waals surface area contributed by atoms with E-state index in [1.807, 2.05) is 61.3 Å². The maximum absolute atomic E-state index is 11.5. The molecule has 4 rings (SSSR count). The van der Waals surface area contributed by atoms with Crippen molar-refractivity contribution in [3.63, 3.8) is 0 Å². The molecule has 0 unspecified atom stereocenters. The van der Waals surface area contributed by atoms with Crippen LogP contribution in [0.2, 0.25) is 0 Å². The third-order valence-corrected chi connectivity index (χ3v) is 5.68. The Hall–Kier alpha value is -4.06. The summed E-state index contributed by atoms with van der Waals surface area (Å²) >= 11 is 3.00. The predicted octanol–water partition coefficient (Wildman–Crippen LogP) is 1.02. The second-order valence-electron chi connectivity index (χ2n) is 8.10. The lowest BCUT2D eigenvalue weighted by molar-refractivity contribution is 0.544. The second kappa shape index (κ2) is 12.1. The molecule has 36 heavy (non-hydrogen) atoms. The molecular weight excluding hydrogens is 532 g/mol. The van der Waals surface area contributed by atoms with Gasteiger partial charge in [-0.1, -0.05) is 59.7 Å². The van der Waals surface area contributed by atoms with Gasteiger partial charge in [-0.05, 0) is 53.7 Å². The summed E-state index contributed by atoms with van der Waals surface area (Å²) in [5, 5.41) is 6.12. The number of hydrogen-bond donors (Lipinski definition) is 3. The van der Waals surface area contributed by atoms with Crippen molar-refractivity contribution in [1.82, 2.24) is 29.5 Å². The summed E-state index contributed by atoms with van der Waals surface area (Å²) < 4.78 is 2.46. The van der Waals surface area contributed by atoms with E-state index in [9.17, 15) is 24.0 Å². The molecule has 0 saturated carbocycles. The topological polar surface area (TPSA) is 155 Å². The van der Waals surface area contributed by atoms with Crippen LogP contribution in [0.1, 0.15) is 22.3 Å². The van der Waals surface area contributed by atoms with E-state index in [1.165, 1.54) is 10.2 Å². The third-order valence-electron chi connectivity index (χ3n) is 5.16. The van der Waals surface area contributed by atoms with Crippen molar-refractivity contribution in [2.24, 2.45) is 0 Å². The van der Waals surface area contributed by atoms with Gasteiger partial charge in [-0.3, -0.25) is 29.5 Å². The van der Waals surface area contributed by atoms with Crippen LogP contribution in [-0.4, -0.2) is 29.5 Å². The number of hydrogen-bond acceptors (Lipinski definition) is 6. The fourth-order valence-corrected chi connectivity index (χ4v) is 3.67. The van der Waals surface area contributed by atoms with Crippen LogP contribution >= 0.6 is 15.9 Å². The molecule has 2 aromatic heterocycles. The zero-order valence-corrected chi connectivity index (χ0v) is 21.3. The predicted molar refractivity (Wildman–Crippen MR) is 139 cm³/mol. The summed E-state index contributed by atoms with van der Waals surface area (Å²) in [5.74, 6) is 0. The molecule has 0 spiro atoms. The van der Waals surface area contributed by atoms with Crippen molar-refractivity contribution in [2.45, 2.75) is 39.8 Å². The summed E-state index contributed by atoms with van der Waals surface area (Å²) in [6.07, 6.45) is 1.29. The lowest BCUT2D eigenvalue weighted by Crippen LogP contribution is -2.43. The molecule has 0 aliphatic carbocycles. The van der Waals surface area contributed by atoms with Crippen molar-refractivity contribution >= 4 is 15.9 Å². The normalized spacial score (nSPS) is 10.5. The lowest BCUT2D eigenvalue weighted by Gasteiger charge is -2.05. The van der Waals surface area contributed by atoms with Gasteiger partial charge in [0, 0.05) is 6.54 Å². The van der Waals surface area contributed by atoms with Crippen molar-refractivity contribution < 1.29 is 0 Å². The molecule has 3 N–H and O–H groups in total. The van der Waals surface area contributed by atoms with Crippen LogP contribution in [0.5, 0.6) is 0 Å². The number of aryl methyl sites for hydroxylation is 6. The Balaban J connectivity index is 0.000000201. The summed E-state index contributed by atoms with van der Waals surface area (Å²) in [5.41, 5.74) is 1.16. The Morgan fingerprint density at radius 1 is 0.750 bits per heavy atom. The highest BCUT2D eigenvalue weighted by atomic mass is 79.9. The molecule has 0 fully saturated rings. The summed E-state index contributed by atoms with van der Waals surface area (Å²) in [6.45, 7) is 4.74. The van der Waals surface area contributed by atoms with E-state index < -0.39 is 28.1 Å². The maximum atomic E-state index is 11.5. The van der Waals surface area contributed by atoms with E-state index in [1.54, 1.807) is 0 Å². The van der Waals surface area contributed by atoms with E-state index in [0.29, 0.717) is 25.9 Å². The first-order chi connectivity index (χ1) is 17.1. The Morgan fingerprint density at radius 3 is 1.89 bits per heavy atom. The molecule has 188 valence electrons. The fourth-order valence-electron chi connectivity index (χ4n) is 3.38. The third kappa shape index (κ3) is 7.47. The molecule has 0 aliphatic rings. The zero-order valence-electron chi connectivity index (χ0n) is 19.7. The Kier molecular flexibility index (Phi) is 8.90. The van der Waals surface area contributed by atoms with Crippen molar-refractivity contribution in [3.8, 4) is 0 Å². The van der Waals surface area contributed by atoms with Gasteiger partial charge in [0.1, 0.15) is 0 Å². The van der Waals surface area contributed by atoms with Crippen LogP contribution in [0.4, 0.5) is 0 Å². The van der Waals surface area contributed by atoms with Gasteiger partial charge in [-0.2, -0.15) is 5.10 Å². The lowest BCUT2D eigenvalue weighted by atomic mass is 10.1. The minimum atomic E-state index is -0.924. The van der Waals surface area contributed by atoms with E-state index >= 15 is 0 Å². The number of benzene rings is 2. The van der Waals surface area contributed by atoms with Gasteiger partial charge in [-0.25, -0.2) is 19.0 Å². The fraction of sp³-hybridized carbons (Fsp3) is 0.250. The van der Waals surface area contributed by atoms with Gasteiger partial charge < -0.3 is 0 Å². The molecule has 4 aromatic rings. The molecule has 0 amide bonds. The average Bonchev–Trinajstić information content (AvgIpc) is 2.82. The van der Waals surface area contributed by atoms with E-state index in [0.717, 1.165) is 21.4 Å². The molecule has 0 atom stereocenters. The SMILES string of the molecule is Cc1cccc(CCn2[nH]c(=O)c(=O)[nH]c2=O)c1.Cc1cccc(CCn2nc(Br)c(=O)[nH]c2=O)c1. The minimum Gasteiger partial charge on any atom is -0.270 e. The Morgan fingerprint density at radius 2 is 1.31 bits per heavy atom. The van der Waals surface area contributed by atoms with Gasteiger partial charge in [0.15, 0.2) is 4.60 Å². The first kappa shape index (κ1) is 26.5. The highest BCUT2D eigenvalue weighted by Gasteiger charge is 2.04. The number of nitrogens with zero attached hydrogens (tertiary/aromatic N) is 3. The largest absolute Gasteiger partial charge is 0.344 e. The highest BCUT2D eigenvalue weighted by Crippen LogP contribution is 2.06. The minimum absolute atomic E-state index is 0.117. The van der Waals surface area contributed by atoms with Crippen molar-refractivity contribution in [3.05, 3.63) is 127 Å². The quantitative estimate of drug-likeness (QED) is 0.301. The van der Waals surface area contributed by atoms with Crippen LogP contribution in [0.3, 0.4) is 0 Å². The van der Waals surface area contributed by atoms with E-state index in [4.69, 9.17) is 0 Å². The number of aromatic amines is 3. The van der Waals surface area contributed by atoms with Crippen LogP contribution < -0.4 is 28.1 Å². The van der Waals surface area contributed by atoms with Crippen molar-refractivity contribution in [1.29, 1.82) is 0 Å². The number of aromatic nitrogens is 6. The summed E-state index contributed by atoms with van der Waals surface area (Å²) in [7, 11) is 0. The van der Waals surface area contributed by atoms with Crippen LogP contribution in [0.25, 0.3) is 0 Å². The van der Waals surface area contributed by atoms with Crippen LogP contribution in [0.15, 0.2) is 77.1 Å². The second-order valence-corrected chi connectivity index (χ2v) is 8.85. The monoisotopic (exact) mass is 556 g/mol. The summed E-state index contributed by atoms with van der Waals surface area (Å²) in [6, 6.07) is 15.9. The first-order valence-electron chi connectivity index (χ1n) is 11.0. The standard InChI is InChI=1S/C12H12BrN3O2.C12H13N3O3/c1-8-3-2-4-9(7-8)5-6-16-12(18)14-11(17)10(13)15-16;1-8-3-2-4-9(7-8)5-6-15-12(18)13-10(16)11(17)14-15/h2-4,7H,5-6H2,1H3,(H,14,17,18);2-4,7H,5-6H2,1H3,(H,14,17)(H,13,16,18). The van der Waals surface area contributed by atoms with Gasteiger partial charge >= 0.3 is 22.5 Å². The molecule has 2 aromatic carbocycles. The van der Waals surface area contributed by atoms with E-state index in [2.05, 4.69) is 37.2 Å². The van der Waals surface area contributed by atoms with E-state index in [-0.39, 0.29) is 4.60 Å². The average molecular weight is 557 g/mol. The van der Waals surface area contributed by atoms with Gasteiger partial charge in [0.05, 0.1) is 6.54 Å². The van der Waals surface area contributed by atoms with Crippen LogP contribution in [0, 0.1) is 13.8 Å². The van der Waals surface area contributed by atoms with Gasteiger partial charge in [-0.15, -0.1) is 0 Å². The molecule has 0 bridgehead atoms. The number of halogens is 1.